The van der Waals surface area contributed by atoms with Gasteiger partial charge in [-0.05, 0) is 43.5 Å². The summed E-state index contributed by atoms with van der Waals surface area (Å²) in [6.07, 6.45) is 3.88. The van der Waals surface area contributed by atoms with E-state index in [1.54, 1.807) is 0 Å². The molecule has 1 saturated heterocycles. The van der Waals surface area contributed by atoms with Crippen molar-refractivity contribution in [1.82, 2.24) is 4.90 Å². The van der Waals surface area contributed by atoms with Crippen molar-refractivity contribution in [2.24, 2.45) is 0 Å². The fourth-order valence-corrected chi connectivity index (χ4v) is 2.58. The third kappa shape index (κ3) is 3.32. The zero-order chi connectivity index (χ0) is 10.5. The van der Waals surface area contributed by atoms with Gasteiger partial charge in [0.2, 0.25) is 0 Å². The molecular weight excluding hydrogens is 250 g/mol. The summed E-state index contributed by atoms with van der Waals surface area (Å²) in [5, 5.41) is 1.05. The summed E-state index contributed by atoms with van der Waals surface area (Å²) in [5.74, 6) is 0. The van der Waals surface area contributed by atoms with Crippen LogP contribution in [-0.4, -0.2) is 23.3 Å². The third-order valence-corrected chi connectivity index (χ3v) is 3.41. The van der Waals surface area contributed by atoms with Crippen LogP contribution in [0.3, 0.4) is 0 Å². The Hall–Kier alpha value is -0.340. The van der Waals surface area contributed by atoms with Gasteiger partial charge in [0.15, 0.2) is 0 Å². The van der Waals surface area contributed by atoms with Crippen LogP contribution in [-0.2, 0) is 13.0 Å². The van der Waals surface area contributed by atoms with Crippen molar-refractivity contribution >= 4 is 15.9 Å². The van der Waals surface area contributed by atoms with Crippen molar-refractivity contribution in [2.45, 2.75) is 25.8 Å². The quantitative estimate of drug-likeness (QED) is 0.758. The van der Waals surface area contributed by atoms with Crippen molar-refractivity contribution < 1.29 is 0 Å². The number of aryl methyl sites for hydroxylation is 1. The van der Waals surface area contributed by atoms with E-state index in [9.17, 15) is 0 Å². The van der Waals surface area contributed by atoms with Gasteiger partial charge < -0.3 is 0 Å². The molecule has 1 aliphatic rings. The van der Waals surface area contributed by atoms with Gasteiger partial charge in [0.25, 0.3) is 0 Å². The van der Waals surface area contributed by atoms with Gasteiger partial charge in [0, 0.05) is 11.9 Å². The van der Waals surface area contributed by atoms with Crippen LogP contribution < -0.4 is 0 Å². The van der Waals surface area contributed by atoms with E-state index in [4.69, 9.17) is 0 Å². The fourth-order valence-electron chi connectivity index (χ4n) is 2.12. The number of nitrogens with zero attached hydrogens (tertiary/aromatic N) is 1. The highest BCUT2D eigenvalue weighted by Gasteiger charge is 2.11. The molecule has 0 bridgehead atoms. The SMILES string of the molecule is BrCCc1ccc(CN2CCCC2)cc1. The van der Waals surface area contributed by atoms with Crippen LogP contribution in [0.2, 0.25) is 0 Å². The second-order valence-electron chi connectivity index (χ2n) is 4.24. The van der Waals surface area contributed by atoms with Crippen molar-refractivity contribution in [3.8, 4) is 0 Å². The number of halogens is 1. The lowest BCUT2D eigenvalue weighted by molar-refractivity contribution is 0.331. The maximum Gasteiger partial charge on any atom is 0.0233 e. The molecule has 0 saturated carbocycles. The van der Waals surface area contributed by atoms with E-state index in [1.165, 1.54) is 37.1 Å². The van der Waals surface area contributed by atoms with Crippen LogP contribution in [0.4, 0.5) is 0 Å². The van der Waals surface area contributed by atoms with Gasteiger partial charge >= 0.3 is 0 Å². The highest BCUT2D eigenvalue weighted by atomic mass is 79.9. The molecule has 1 fully saturated rings. The van der Waals surface area contributed by atoms with Gasteiger partial charge in [-0.1, -0.05) is 40.2 Å². The predicted octanol–water partition coefficient (Wildman–Crippen LogP) is 3.22. The maximum absolute atomic E-state index is 3.47. The molecule has 1 aromatic carbocycles. The van der Waals surface area contributed by atoms with Gasteiger partial charge in [-0.15, -0.1) is 0 Å². The highest BCUT2D eigenvalue weighted by Crippen LogP contribution is 2.13. The molecule has 0 atom stereocenters. The molecule has 0 amide bonds. The van der Waals surface area contributed by atoms with Crippen LogP contribution in [0.25, 0.3) is 0 Å². The van der Waals surface area contributed by atoms with Crippen molar-refractivity contribution in [2.75, 3.05) is 18.4 Å². The van der Waals surface area contributed by atoms with Crippen molar-refractivity contribution in [3.05, 3.63) is 35.4 Å². The number of benzene rings is 1. The molecule has 1 aromatic rings. The number of likely N-dealkylation sites (tertiary alicyclic amines) is 1. The Morgan fingerprint density at radius 1 is 1.00 bits per heavy atom. The Morgan fingerprint density at radius 3 is 2.20 bits per heavy atom. The lowest BCUT2D eigenvalue weighted by atomic mass is 10.1. The van der Waals surface area contributed by atoms with Crippen LogP contribution in [0.5, 0.6) is 0 Å². The Kier molecular flexibility index (Phi) is 4.21. The highest BCUT2D eigenvalue weighted by molar-refractivity contribution is 9.09. The second-order valence-corrected chi connectivity index (χ2v) is 5.03. The Bertz CT molecular complexity index is 288. The van der Waals surface area contributed by atoms with Crippen LogP contribution >= 0.6 is 15.9 Å². The third-order valence-electron chi connectivity index (χ3n) is 3.01. The average Bonchev–Trinajstić information content (AvgIpc) is 2.74. The van der Waals surface area contributed by atoms with Crippen molar-refractivity contribution in [1.29, 1.82) is 0 Å². The molecule has 0 unspecified atom stereocenters. The van der Waals surface area contributed by atoms with E-state index in [0.29, 0.717) is 0 Å². The monoisotopic (exact) mass is 267 g/mol. The second kappa shape index (κ2) is 5.66. The summed E-state index contributed by atoms with van der Waals surface area (Å²) in [7, 11) is 0. The van der Waals surface area contributed by atoms with Gasteiger partial charge in [-0.25, -0.2) is 0 Å². The van der Waals surface area contributed by atoms with E-state index >= 15 is 0 Å². The maximum atomic E-state index is 3.47. The Balaban J connectivity index is 1.91. The summed E-state index contributed by atoms with van der Waals surface area (Å²) >= 11 is 3.47. The molecule has 82 valence electrons. The largest absolute Gasteiger partial charge is 0.299 e. The Labute approximate surface area is 101 Å². The molecular formula is C13H18BrN. The first-order valence-electron chi connectivity index (χ1n) is 5.74. The van der Waals surface area contributed by atoms with Crippen LogP contribution in [0.15, 0.2) is 24.3 Å². The first-order valence-corrected chi connectivity index (χ1v) is 6.87. The van der Waals surface area contributed by atoms with Crippen molar-refractivity contribution in [3.63, 3.8) is 0 Å². The topological polar surface area (TPSA) is 3.24 Å². The zero-order valence-electron chi connectivity index (χ0n) is 9.08. The summed E-state index contributed by atoms with van der Waals surface area (Å²) in [6.45, 7) is 3.70. The fraction of sp³-hybridized carbons (Fsp3) is 0.538. The number of alkyl halides is 1. The molecule has 1 heterocycles. The number of hydrogen-bond acceptors (Lipinski definition) is 1. The summed E-state index contributed by atoms with van der Waals surface area (Å²) < 4.78 is 0. The minimum atomic E-state index is 1.05. The molecule has 2 rings (SSSR count). The number of hydrogen-bond donors (Lipinski definition) is 0. The van der Waals surface area contributed by atoms with Crippen LogP contribution in [0, 0.1) is 0 Å². The van der Waals surface area contributed by atoms with Gasteiger partial charge in [0.05, 0.1) is 0 Å². The van der Waals surface area contributed by atoms with Gasteiger partial charge in [-0.3, -0.25) is 4.90 Å². The molecule has 0 spiro atoms. The van der Waals surface area contributed by atoms with E-state index < -0.39 is 0 Å². The molecule has 1 nitrogen and oxygen atoms in total. The summed E-state index contributed by atoms with van der Waals surface area (Å²) in [4.78, 5) is 2.54. The predicted molar refractivity (Wildman–Crippen MR) is 68.5 cm³/mol. The molecule has 2 heteroatoms. The normalized spacial score (nSPS) is 17.1. The first kappa shape index (κ1) is 11.2. The van der Waals surface area contributed by atoms with Crippen LogP contribution in [0.1, 0.15) is 24.0 Å². The van der Waals surface area contributed by atoms with E-state index in [2.05, 4.69) is 45.1 Å². The number of rotatable bonds is 4. The molecule has 15 heavy (non-hydrogen) atoms. The minimum absolute atomic E-state index is 1.05. The molecule has 0 radical (unpaired) electrons. The summed E-state index contributed by atoms with van der Waals surface area (Å²) in [6, 6.07) is 9.06. The van der Waals surface area contributed by atoms with E-state index in [1.807, 2.05) is 0 Å². The standard InChI is InChI=1S/C13H18BrN/c14-8-7-12-3-5-13(6-4-12)11-15-9-1-2-10-15/h3-6H,1-2,7-11H2. The van der Waals surface area contributed by atoms with E-state index in [0.717, 1.165) is 18.3 Å². The van der Waals surface area contributed by atoms with E-state index in [-0.39, 0.29) is 0 Å². The smallest absolute Gasteiger partial charge is 0.0233 e. The molecule has 0 aromatic heterocycles. The minimum Gasteiger partial charge on any atom is -0.299 e. The van der Waals surface area contributed by atoms with Gasteiger partial charge in [0.1, 0.15) is 0 Å². The lowest BCUT2D eigenvalue weighted by Gasteiger charge is -2.14. The molecule has 0 aliphatic carbocycles. The molecule has 0 N–H and O–H groups in total. The van der Waals surface area contributed by atoms with Gasteiger partial charge in [-0.2, -0.15) is 0 Å². The first-order chi connectivity index (χ1) is 7.38. The average molecular weight is 268 g/mol. The zero-order valence-corrected chi connectivity index (χ0v) is 10.7. The summed E-state index contributed by atoms with van der Waals surface area (Å²) in [5.41, 5.74) is 2.88. The Morgan fingerprint density at radius 2 is 1.60 bits per heavy atom. The lowest BCUT2D eigenvalue weighted by Crippen LogP contribution is -2.18. The molecule has 1 aliphatic heterocycles.